The fraction of sp³-hybridized carbons (Fsp3) is 0.211. The SMILES string of the molecule is O=C(NCc1ccncc1)C1CSC(c2ccoc2)N1C(=O)c1cccs1. The van der Waals surface area contributed by atoms with Gasteiger partial charge in [-0.3, -0.25) is 14.6 Å². The van der Waals surface area contributed by atoms with E-state index in [1.807, 2.05) is 29.6 Å². The molecule has 3 aromatic rings. The molecule has 0 bridgehead atoms. The van der Waals surface area contributed by atoms with Crippen molar-refractivity contribution in [2.45, 2.75) is 18.0 Å². The van der Waals surface area contributed by atoms with Gasteiger partial charge in [-0.05, 0) is 35.2 Å². The van der Waals surface area contributed by atoms with Gasteiger partial charge in [0.05, 0.1) is 17.4 Å². The molecule has 1 aliphatic heterocycles. The van der Waals surface area contributed by atoms with Crippen LogP contribution in [0.15, 0.2) is 65.0 Å². The molecule has 1 N–H and O–H groups in total. The molecule has 2 amide bonds. The largest absolute Gasteiger partial charge is 0.472 e. The van der Waals surface area contributed by atoms with E-state index < -0.39 is 6.04 Å². The van der Waals surface area contributed by atoms with Gasteiger partial charge in [0.1, 0.15) is 11.4 Å². The number of nitrogens with one attached hydrogen (secondary N) is 1. The van der Waals surface area contributed by atoms with Gasteiger partial charge in [0.15, 0.2) is 0 Å². The van der Waals surface area contributed by atoms with Crippen LogP contribution in [-0.4, -0.2) is 33.5 Å². The van der Waals surface area contributed by atoms with E-state index in [-0.39, 0.29) is 17.2 Å². The van der Waals surface area contributed by atoms with E-state index in [1.165, 1.54) is 11.3 Å². The van der Waals surface area contributed by atoms with Crippen molar-refractivity contribution in [3.8, 4) is 0 Å². The molecule has 0 saturated carbocycles. The van der Waals surface area contributed by atoms with E-state index in [9.17, 15) is 9.59 Å². The van der Waals surface area contributed by atoms with Gasteiger partial charge in [0, 0.05) is 30.3 Å². The van der Waals surface area contributed by atoms with Crippen molar-refractivity contribution in [3.05, 3.63) is 76.6 Å². The van der Waals surface area contributed by atoms with E-state index >= 15 is 0 Å². The standard InChI is InChI=1S/C19H17N3O3S2/c23-17(21-10-13-3-6-20-7-4-13)15-12-27-19(14-5-8-25-11-14)22(15)18(24)16-2-1-9-26-16/h1-9,11,15,19H,10,12H2,(H,21,23). The quantitative estimate of drug-likeness (QED) is 0.712. The molecule has 6 nitrogen and oxygen atoms in total. The maximum absolute atomic E-state index is 13.1. The summed E-state index contributed by atoms with van der Waals surface area (Å²) in [6.45, 7) is 0.403. The Kier molecular flexibility index (Phi) is 5.26. The first kappa shape index (κ1) is 17.8. The van der Waals surface area contributed by atoms with E-state index in [0.717, 1.165) is 11.1 Å². The van der Waals surface area contributed by atoms with Crippen LogP contribution in [0, 0.1) is 0 Å². The summed E-state index contributed by atoms with van der Waals surface area (Å²) in [6.07, 6.45) is 6.59. The molecule has 0 aromatic carbocycles. The van der Waals surface area contributed by atoms with Crippen molar-refractivity contribution in [2.24, 2.45) is 0 Å². The first-order valence-electron chi connectivity index (χ1n) is 8.40. The zero-order valence-corrected chi connectivity index (χ0v) is 15.9. The Balaban J connectivity index is 1.54. The first-order chi connectivity index (χ1) is 13.2. The molecule has 2 unspecified atom stereocenters. The summed E-state index contributed by atoms with van der Waals surface area (Å²) in [6, 6.07) is 8.63. The van der Waals surface area contributed by atoms with Crippen molar-refractivity contribution in [3.63, 3.8) is 0 Å². The van der Waals surface area contributed by atoms with Crippen molar-refractivity contribution in [2.75, 3.05) is 5.75 Å². The lowest BCUT2D eigenvalue weighted by Crippen LogP contribution is -2.47. The number of rotatable bonds is 5. The molecule has 1 aliphatic rings. The van der Waals surface area contributed by atoms with Gasteiger partial charge < -0.3 is 14.6 Å². The van der Waals surface area contributed by atoms with Gasteiger partial charge in [0.2, 0.25) is 5.91 Å². The Morgan fingerprint density at radius 1 is 1.26 bits per heavy atom. The third-order valence-corrected chi connectivity index (χ3v) is 6.50. The highest BCUT2D eigenvalue weighted by Gasteiger charge is 2.43. The Hall–Kier alpha value is -2.58. The highest BCUT2D eigenvalue weighted by molar-refractivity contribution is 7.99. The minimum atomic E-state index is -0.536. The molecule has 1 saturated heterocycles. The minimum Gasteiger partial charge on any atom is -0.472 e. The number of carbonyl (C=O) groups excluding carboxylic acids is 2. The molecule has 27 heavy (non-hydrogen) atoms. The molecular weight excluding hydrogens is 382 g/mol. The summed E-state index contributed by atoms with van der Waals surface area (Å²) in [4.78, 5) is 32.2. The van der Waals surface area contributed by atoms with Crippen LogP contribution in [-0.2, 0) is 11.3 Å². The second kappa shape index (κ2) is 7.98. The molecule has 3 aromatic heterocycles. The van der Waals surface area contributed by atoms with E-state index in [4.69, 9.17) is 4.42 Å². The Morgan fingerprint density at radius 3 is 2.81 bits per heavy atom. The number of pyridine rings is 1. The van der Waals surface area contributed by atoms with E-state index in [1.54, 1.807) is 47.6 Å². The Bertz CT molecular complexity index is 898. The molecular formula is C19H17N3O3S2. The topological polar surface area (TPSA) is 75.4 Å². The van der Waals surface area contributed by atoms with Crippen molar-refractivity contribution in [1.29, 1.82) is 0 Å². The van der Waals surface area contributed by atoms with Gasteiger partial charge >= 0.3 is 0 Å². The van der Waals surface area contributed by atoms with Crippen LogP contribution in [0.3, 0.4) is 0 Å². The highest BCUT2D eigenvalue weighted by Crippen LogP contribution is 2.42. The van der Waals surface area contributed by atoms with Crippen molar-refractivity contribution < 1.29 is 14.0 Å². The van der Waals surface area contributed by atoms with Crippen LogP contribution < -0.4 is 5.32 Å². The zero-order chi connectivity index (χ0) is 18.6. The first-order valence-corrected chi connectivity index (χ1v) is 10.3. The predicted octanol–water partition coefficient (Wildman–Crippen LogP) is 3.31. The maximum atomic E-state index is 13.1. The van der Waals surface area contributed by atoms with Crippen molar-refractivity contribution in [1.82, 2.24) is 15.2 Å². The van der Waals surface area contributed by atoms with E-state index in [0.29, 0.717) is 17.2 Å². The normalized spacial score (nSPS) is 19.2. The molecule has 1 fully saturated rings. The van der Waals surface area contributed by atoms with Gasteiger partial charge in [-0.15, -0.1) is 23.1 Å². The summed E-state index contributed by atoms with van der Waals surface area (Å²) in [5.74, 6) is 0.246. The van der Waals surface area contributed by atoms with Crippen LogP contribution in [0.2, 0.25) is 0 Å². The van der Waals surface area contributed by atoms with Gasteiger partial charge in [-0.1, -0.05) is 6.07 Å². The number of hydrogen-bond donors (Lipinski definition) is 1. The fourth-order valence-electron chi connectivity index (χ4n) is 2.96. The third-order valence-electron chi connectivity index (χ3n) is 4.31. The van der Waals surface area contributed by atoms with Crippen LogP contribution >= 0.6 is 23.1 Å². The summed E-state index contributed by atoms with van der Waals surface area (Å²) in [5.41, 5.74) is 1.85. The minimum absolute atomic E-state index is 0.134. The molecule has 8 heteroatoms. The number of carbonyl (C=O) groups is 2. The monoisotopic (exact) mass is 399 g/mol. The molecule has 2 atom stereocenters. The molecule has 4 rings (SSSR count). The number of thioether (sulfide) groups is 1. The Morgan fingerprint density at radius 2 is 2.11 bits per heavy atom. The number of furan rings is 1. The summed E-state index contributed by atoms with van der Waals surface area (Å²) >= 11 is 2.95. The van der Waals surface area contributed by atoms with E-state index in [2.05, 4.69) is 10.3 Å². The molecule has 4 heterocycles. The molecule has 0 radical (unpaired) electrons. The summed E-state index contributed by atoms with van der Waals surface area (Å²) < 4.78 is 5.19. The van der Waals surface area contributed by atoms with Crippen LogP contribution in [0.4, 0.5) is 0 Å². The van der Waals surface area contributed by atoms with Crippen LogP contribution in [0.1, 0.15) is 26.2 Å². The lowest BCUT2D eigenvalue weighted by Gasteiger charge is -2.28. The summed E-state index contributed by atoms with van der Waals surface area (Å²) in [7, 11) is 0. The fourth-order valence-corrected chi connectivity index (χ4v) is 5.04. The lowest BCUT2D eigenvalue weighted by atomic mass is 10.2. The number of amides is 2. The number of hydrogen-bond acceptors (Lipinski definition) is 6. The second-order valence-electron chi connectivity index (χ2n) is 6.02. The van der Waals surface area contributed by atoms with Crippen LogP contribution in [0.25, 0.3) is 0 Å². The molecule has 0 spiro atoms. The molecule has 0 aliphatic carbocycles. The average Bonchev–Trinajstić information content (AvgIpc) is 3.47. The maximum Gasteiger partial charge on any atom is 0.265 e. The predicted molar refractivity (Wildman–Crippen MR) is 104 cm³/mol. The average molecular weight is 399 g/mol. The summed E-state index contributed by atoms with van der Waals surface area (Å²) in [5, 5.41) is 4.57. The number of thiophene rings is 1. The van der Waals surface area contributed by atoms with Gasteiger partial charge in [-0.25, -0.2) is 0 Å². The van der Waals surface area contributed by atoms with Gasteiger partial charge in [-0.2, -0.15) is 0 Å². The number of nitrogens with zero attached hydrogens (tertiary/aromatic N) is 2. The zero-order valence-electron chi connectivity index (χ0n) is 14.3. The molecule has 138 valence electrons. The van der Waals surface area contributed by atoms with Crippen molar-refractivity contribution >= 4 is 34.9 Å². The number of aromatic nitrogens is 1. The van der Waals surface area contributed by atoms with Crippen LogP contribution in [0.5, 0.6) is 0 Å². The smallest absolute Gasteiger partial charge is 0.265 e. The second-order valence-corrected chi connectivity index (χ2v) is 8.08. The Labute approximate surface area is 164 Å². The van der Waals surface area contributed by atoms with Gasteiger partial charge in [0.25, 0.3) is 5.91 Å². The highest BCUT2D eigenvalue weighted by atomic mass is 32.2. The third kappa shape index (κ3) is 3.77. The lowest BCUT2D eigenvalue weighted by molar-refractivity contribution is -0.125.